The molecule has 2 unspecified atom stereocenters. The van der Waals surface area contributed by atoms with Crippen LogP contribution < -0.4 is 29.1 Å². The van der Waals surface area contributed by atoms with Crippen LogP contribution in [0.2, 0.25) is 0 Å². The van der Waals surface area contributed by atoms with Gasteiger partial charge in [-0.1, -0.05) is 113 Å². The van der Waals surface area contributed by atoms with Crippen molar-refractivity contribution in [1.29, 1.82) is 0 Å². The first kappa shape index (κ1) is 56.6. The lowest BCUT2D eigenvalue weighted by atomic mass is 9.74. The van der Waals surface area contributed by atoms with Gasteiger partial charge in [0.05, 0.1) is 22.5 Å². The van der Waals surface area contributed by atoms with E-state index in [-0.39, 0.29) is 11.8 Å². The summed E-state index contributed by atoms with van der Waals surface area (Å²) in [4.78, 5) is 64.4. The average molecular weight is 1170 g/mol. The van der Waals surface area contributed by atoms with Gasteiger partial charge in [-0.05, 0) is 153 Å². The second-order valence-electron chi connectivity index (χ2n) is 25.4. The van der Waals surface area contributed by atoms with Crippen molar-refractivity contribution < 1.29 is 38.1 Å². The minimum Gasteiger partial charge on any atom is -0.456 e. The van der Waals surface area contributed by atoms with Gasteiger partial charge in [-0.25, -0.2) is 9.59 Å². The summed E-state index contributed by atoms with van der Waals surface area (Å²) in [5.41, 5.74) is 10.5. The zero-order chi connectivity index (χ0) is 61.0. The van der Waals surface area contributed by atoms with E-state index in [9.17, 15) is 19.2 Å². The number of esters is 2. The molecule has 2 spiro atoms. The molecule has 2 aliphatic carbocycles. The van der Waals surface area contributed by atoms with Gasteiger partial charge >= 0.3 is 11.9 Å². The SMILES string of the molecule is CCC(C)(c1ccc(N(C(C)=O)c2cc3c(cc2C)Oc2cc(N(C)C4CCCCC4)ccc2C32OC(=O)c3ccccc32)cc1)c1ccc(N(C(C)=O)c2cc3c(cc2C)Oc2cc(N(C)C4CCCCC4)ccc2C32OC(=O)c3ccccc32)cc1. The average Bonchev–Trinajstić information content (AvgIpc) is 1.44. The quantitative estimate of drug-likeness (QED) is 0.116. The van der Waals surface area contributed by atoms with Gasteiger partial charge < -0.3 is 28.7 Å². The molecule has 2 fully saturated rings. The van der Waals surface area contributed by atoms with Crippen molar-refractivity contribution in [1.82, 2.24) is 0 Å². The maximum absolute atomic E-state index is 14.2. The van der Waals surface area contributed by atoms with Crippen LogP contribution in [-0.4, -0.2) is 49.9 Å². The van der Waals surface area contributed by atoms with Gasteiger partial charge in [0.2, 0.25) is 11.8 Å². The maximum Gasteiger partial charge on any atom is 0.340 e. The van der Waals surface area contributed by atoms with E-state index in [1.54, 1.807) is 23.6 Å². The summed E-state index contributed by atoms with van der Waals surface area (Å²) in [6, 6.07) is 52.6. The molecule has 2 saturated carbocycles. The summed E-state index contributed by atoms with van der Waals surface area (Å²) >= 11 is 0. The normalized spacial score (nSPS) is 19.5. The Morgan fingerprint density at radius 3 is 1.20 bits per heavy atom. The number of carbonyl (C=O) groups is 4. The molecular weight excluding hydrogens is 1100 g/mol. The van der Waals surface area contributed by atoms with Crippen LogP contribution in [0, 0.1) is 13.8 Å². The second-order valence-corrected chi connectivity index (χ2v) is 25.4. The van der Waals surface area contributed by atoms with Crippen LogP contribution in [0.4, 0.5) is 34.1 Å². The summed E-state index contributed by atoms with van der Waals surface area (Å²) in [5.74, 6) is 1.18. The van der Waals surface area contributed by atoms with E-state index in [0.29, 0.717) is 80.1 Å². The lowest BCUT2D eigenvalue weighted by molar-refractivity contribution is -0.116. The Morgan fingerprint density at radius 2 is 0.830 bits per heavy atom. The molecule has 14 rings (SSSR count). The highest BCUT2D eigenvalue weighted by Gasteiger charge is 2.56. The predicted molar refractivity (Wildman–Crippen MR) is 345 cm³/mol. The van der Waals surface area contributed by atoms with Gasteiger partial charge in [0.1, 0.15) is 23.0 Å². The molecule has 8 aromatic carbocycles. The van der Waals surface area contributed by atoms with Gasteiger partial charge in [0.15, 0.2) is 11.2 Å². The molecule has 4 aliphatic heterocycles. The molecule has 8 aromatic rings. The van der Waals surface area contributed by atoms with Crippen LogP contribution in [0.25, 0.3) is 0 Å². The smallest absolute Gasteiger partial charge is 0.340 e. The summed E-state index contributed by atoms with van der Waals surface area (Å²) < 4.78 is 27.0. The van der Waals surface area contributed by atoms with Crippen molar-refractivity contribution in [3.8, 4) is 23.0 Å². The van der Waals surface area contributed by atoms with Crippen LogP contribution in [0.1, 0.15) is 175 Å². The number of ether oxygens (including phenoxy) is 4. The minimum absolute atomic E-state index is 0.188. The number of benzene rings is 8. The highest BCUT2D eigenvalue weighted by molar-refractivity contribution is 6.03. The first-order chi connectivity index (χ1) is 42.5. The third-order valence-electron chi connectivity index (χ3n) is 20.4. The summed E-state index contributed by atoms with van der Waals surface area (Å²) in [6.07, 6.45) is 12.7. The molecule has 2 amide bonds. The van der Waals surface area contributed by atoms with Crippen molar-refractivity contribution >= 4 is 57.9 Å². The monoisotopic (exact) mass is 1170 g/mol. The Bertz CT molecular complexity index is 3900. The number of nitrogens with zero attached hydrogens (tertiary/aromatic N) is 4. The highest BCUT2D eigenvalue weighted by Crippen LogP contribution is 2.60. The number of anilines is 6. The van der Waals surface area contributed by atoms with E-state index >= 15 is 0 Å². The molecule has 4 heterocycles. The summed E-state index contributed by atoms with van der Waals surface area (Å²) in [6.45, 7) is 11.5. The van der Waals surface area contributed by atoms with Crippen molar-refractivity contribution in [2.75, 3.05) is 33.7 Å². The van der Waals surface area contributed by atoms with E-state index in [2.05, 4.69) is 86.3 Å². The molecule has 2 atom stereocenters. The highest BCUT2D eigenvalue weighted by atomic mass is 16.6. The van der Waals surface area contributed by atoms with E-state index in [0.717, 1.165) is 88.0 Å². The Morgan fingerprint density at radius 1 is 0.466 bits per heavy atom. The molecule has 0 radical (unpaired) electrons. The first-order valence-electron chi connectivity index (χ1n) is 31.4. The lowest BCUT2D eigenvalue weighted by Crippen LogP contribution is -2.35. The molecule has 6 aliphatic rings. The fourth-order valence-corrected chi connectivity index (χ4v) is 15.4. The fraction of sp³-hybridized carbons (Fsp3) is 0.316. The lowest BCUT2D eigenvalue weighted by Gasteiger charge is -2.39. The standard InChI is InChI=1S/C76H74N4O8/c1-9-74(6,50-28-32-54(33-29-50)79(48(4)81)66-44-64-68(40-46(66)2)85-70-42-56(77(7)52-20-12-10-13-21-52)36-38-62(70)75(64)60-26-18-16-24-58(60)72(83)87-75)51-30-34-55(35-31-51)80(49(5)82)67-45-65-69(41-47(67)3)86-71-43-57(78(8)53-22-14-11-15-23-53)37-39-63(71)76(65)61-27-19-17-25-59(61)73(84)88-76/h16-19,24-45,52-53H,9-15,20-23H2,1-8H3. The number of amides is 2. The molecule has 88 heavy (non-hydrogen) atoms. The zero-order valence-electron chi connectivity index (χ0n) is 51.5. The minimum atomic E-state index is -1.33. The van der Waals surface area contributed by atoms with Crippen LogP contribution in [0.3, 0.4) is 0 Å². The van der Waals surface area contributed by atoms with E-state index in [1.165, 1.54) is 38.5 Å². The summed E-state index contributed by atoms with van der Waals surface area (Å²) in [5, 5.41) is 0. The Balaban J connectivity index is 0.777. The van der Waals surface area contributed by atoms with Crippen molar-refractivity contribution in [3.05, 3.63) is 224 Å². The molecule has 0 N–H and O–H groups in total. The Labute approximate surface area is 515 Å². The van der Waals surface area contributed by atoms with Crippen LogP contribution >= 0.6 is 0 Å². The number of fused-ring (bicyclic) bond motifs is 12. The Hall–Kier alpha value is -9.16. The largest absolute Gasteiger partial charge is 0.456 e. The summed E-state index contributed by atoms with van der Waals surface area (Å²) in [7, 11) is 4.31. The van der Waals surface area contributed by atoms with Crippen molar-refractivity contribution in [2.45, 2.75) is 141 Å². The molecular formula is C76H74N4O8. The number of hydrogen-bond acceptors (Lipinski definition) is 10. The second kappa shape index (κ2) is 21.6. The first-order valence-corrected chi connectivity index (χ1v) is 31.4. The van der Waals surface area contributed by atoms with E-state index in [1.807, 2.05) is 123 Å². The number of hydrogen-bond donors (Lipinski definition) is 0. The third-order valence-corrected chi connectivity index (χ3v) is 20.4. The number of carbonyl (C=O) groups excluding carboxylic acids is 4. The zero-order valence-corrected chi connectivity index (χ0v) is 51.5. The van der Waals surface area contributed by atoms with Gasteiger partial charge in [-0.2, -0.15) is 0 Å². The third kappa shape index (κ3) is 8.82. The molecule has 12 nitrogen and oxygen atoms in total. The predicted octanol–water partition coefficient (Wildman–Crippen LogP) is 17.1. The topological polar surface area (TPSA) is 118 Å². The maximum atomic E-state index is 14.2. The fourth-order valence-electron chi connectivity index (χ4n) is 15.4. The van der Waals surface area contributed by atoms with Crippen molar-refractivity contribution in [2.24, 2.45) is 0 Å². The number of aryl methyl sites for hydroxylation is 2. The van der Waals surface area contributed by atoms with E-state index in [4.69, 9.17) is 18.9 Å². The van der Waals surface area contributed by atoms with Crippen molar-refractivity contribution in [3.63, 3.8) is 0 Å². The molecule has 0 saturated heterocycles. The molecule has 0 aromatic heterocycles. The van der Waals surface area contributed by atoms with Crippen LogP contribution in [0.5, 0.6) is 23.0 Å². The molecule has 0 bridgehead atoms. The van der Waals surface area contributed by atoms with Crippen LogP contribution in [0.15, 0.2) is 158 Å². The molecule has 12 heteroatoms. The number of rotatable bonds is 11. The molecule has 446 valence electrons. The van der Waals surface area contributed by atoms with Gasteiger partial charge in [-0.15, -0.1) is 0 Å². The van der Waals surface area contributed by atoms with Gasteiger partial charge in [-0.3, -0.25) is 19.4 Å². The van der Waals surface area contributed by atoms with Crippen LogP contribution in [-0.2, 0) is 35.7 Å². The van der Waals surface area contributed by atoms with E-state index < -0.39 is 28.6 Å². The van der Waals surface area contributed by atoms with Gasteiger partial charge in [0, 0.05) is 114 Å². The van der Waals surface area contributed by atoms with Gasteiger partial charge in [0.25, 0.3) is 0 Å². The Kier molecular flexibility index (Phi) is 13.9.